The Morgan fingerprint density at radius 1 is 1.38 bits per heavy atom. The van der Waals surface area contributed by atoms with Gasteiger partial charge < -0.3 is 9.84 Å². The molecule has 0 bridgehead atoms. The van der Waals surface area contributed by atoms with Crippen molar-refractivity contribution in [2.45, 2.75) is 26.5 Å². The van der Waals surface area contributed by atoms with Crippen LogP contribution >= 0.6 is 27.7 Å². The number of hydrogen-bond donors (Lipinski definition) is 1. The molecule has 1 N–H and O–H groups in total. The molecule has 0 saturated heterocycles. The van der Waals surface area contributed by atoms with Crippen LogP contribution in [0.1, 0.15) is 22.6 Å². The molecule has 21 heavy (non-hydrogen) atoms. The fourth-order valence-corrected chi connectivity index (χ4v) is 3.43. The second-order valence-corrected chi connectivity index (χ2v) is 6.67. The minimum absolute atomic E-state index is 0.0173. The van der Waals surface area contributed by atoms with Gasteiger partial charge in [-0.3, -0.25) is 4.79 Å². The average Bonchev–Trinajstić information content (AvgIpc) is 2.74. The highest BCUT2D eigenvalue weighted by molar-refractivity contribution is 9.10. The summed E-state index contributed by atoms with van der Waals surface area (Å²) >= 11 is 5.00. The van der Waals surface area contributed by atoms with Crippen LogP contribution in [0.5, 0.6) is 0 Å². The maximum absolute atomic E-state index is 12.0. The van der Waals surface area contributed by atoms with Crippen LogP contribution in [0.4, 0.5) is 5.69 Å². The quantitative estimate of drug-likeness (QED) is 0.857. The Morgan fingerprint density at radius 3 is 2.76 bits per heavy atom. The third-order valence-corrected chi connectivity index (χ3v) is 4.67. The summed E-state index contributed by atoms with van der Waals surface area (Å²) in [5.74, 6) is 1.92. The zero-order valence-electron chi connectivity index (χ0n) is 12.2. The Balaban J connectivity index is 1.85. The second-order valence-electron chi connectivity index (χ2n) is 4.83. The fraction of sp³-hybridized carbons (Fsp3) is 0.333. The molecule has 1 amide bonds. The number of rotatable bonds is 5. The molecule has 0 atom stereocenters. The van der Waals surface area contributed by atoms with Crippen molar-refractivity contribution in [1.82, 2.24) is 5.16 Å². The summed E-state index contributed by atoms with van der Waals surface area (Å²) in [6.45, 7) is 5.81. The second kappa shape index (κ2) is 7.13. The van der Waals surface area contributed by atoms with E-state index in [1.807, 2.05) is 39.0 Å². The summed E-state index contributed by atoms with van der Waals surface area (Å²) in [5, 5.41) is 6.81. The van der Waals surface area contributed by atoms with Gasteiger partial charge in [-0.15, -0.1) is 11.8 Å². The maximum atomic E-state index is 12.0. The standard InChI is InChI=1S/C15H17BrN2O2S/c1-9-4-5-14(13(16)6-9)17-15(19)8-21-7-12-10(2)18-20-11(12)3/h4-6H,7-8H2,1-3H3,(H,17,19). The van der Waals surface area contributed by atoms with E-state index in [1.54, 1.807) is 11.8 Å². The van der Waals surface area contributed by atoms with E-state index in [-0.39, 0.29) is 5.91 Å². The lowest BCUT2D eigenvalue weighted by atomic mass is 10.2. The molecule has 4 nitrogen and oxygen atoms in total. The van der Waals surface area contributed by atoms with E-state index in [4.69, 9.17) is 4.52 Å². The van der Waals surface area contributed by atoms with E-state index in [9.17, 15) is 4.79 Å². The predicted octanol–water partition coefficient (Wildman–Crippen LogP) is 4.23. The van der Waals surface area contributed by atoms with E-state index in [2.05, 4.69) is 26.4 Å². The number of aromatic nitrogens is 1. The lowest BCUT2D eigenvalue weighted by molar-refractivity contribution is -0.113. The van der Waals surface area contributed by atoms with Crippen LogP contribution in [0.15, 0.2) is 27.2 Å². The number of nitrogens with one attached hydrogen (secondary N) is 1. The summed E-state index contributed by atoms with van der Waals surface area (Å²) in [5.41, 5.74) is 3.90. The van der Waals surface area contributed by atoms with Gasteiger partial charge in [0.15, 0.2) is 0 Å². The van der Waals surface area contributed by atoms with Crippen molar-refractivity contribution in [3.05, 3.63) is 45.3 Å². The predicted molar refractivity (Wildman–Crippen MR) is 89.6 cm³/mol. The maximum Gasteiger partial charge on any atom is 0.234 e. The van der Waals surface area contributed by atoms with E-state index in [0.717, 1.165) is 38.5 Å². The topological polar surface area (TPSA) is 55.1 Å². The highest BCUT2D eigenvalue weighted by Crippen LogP contribution is 2.24. The van der Waals surface area contributed by atoms with Gasteiger partial charge in [-0.05, 0) is 54.4 Å². The van der Waals surface area contributed by atoms with E-state index >= 15 is 0 Å². The number of halogens is 1. The van der Waals surface area contributed by atoms with Gasteiger partial charge in [-0.25, -0.2) is 0 Å². The zero-order chi connectivity index (χ0) is 15.4. The SMILES string of the molecule is Cc1ccc(NC(=O)CSCc2c(C)noc2C)c(Br)c1. The van der Waals surface area contributed by atoms with Gasteiger partial charge in [0.25, 0.3) is 0 Å². The fourth-order valence-electron chi connectivity index (χ4n) is 1.86. The minimum Gasteiger partial charge on any atom is -0.361 e. The smallest absolute Gasteiger partial charge is 0.234 e. The monoisotopic (exact) mass is 368 g/mol. The number of hydrogen-bond acceptors (Lipinski definition) is 4. The number of amides is 1. The molecule has 2 aromatic rings. The lowest BCUT2D eigenvalue weighted by Gasteiger charge is -2.08. The first-order valence-electron chi connectivity index (χ1n) is 6.53. The van der Waals surface area contributed by atoms with Crippen LogP contribution in [0.3, 0.4) is 0 Å². The molecule has 6 heteroatoms. The highest BCUT2D eigenvalue weighted by atomic mass is 79.9. The van der Waals surface area contributed by atoms with Crippen LogP contribution in [-0.4, -0.2) is 16.8 Å². The molecule has 0 saturated carbocycles. The first-order valence-corrected chi connectivity index (χ1v) is 8.47. The molecular weight excluding hydrogens is 352 g/mol. The van der Waals surface area contributed by atoms with Gasteiger partial charge in [-0.1, -0.05) is 11.2 Å². The van der Waals surface area contributed by atoms with Crippen LogP contribution in [0.2, 0.25) is 0 Å². The van der Waals surface area contributed by atoms with E-state index < -0.39 is 0 Å². The van der Waals surface area contributed by atoms with Crippen LogP contribution < -0.4 is 5.32 Å². The summed E-state index contributed by atoms with van der Waals surface area (Å²) in [6, 6.07) is 5.85. The Bertz CT molecular complexity index is 636. The first-order chi connectivity index (χ1) is 9.97. The molecule has 0 aliphatic carbocycles. The Kier molecular flexibility index (Phi) is 5.47. The number of carbonyl (C=O) groups excluding carboxylic acids is 1. The normalized spacial score (nSPS) is 10.7. The van der Waals surface area contributed by atoms with E-state index in [0.29, 0.717) is 5.75 Å². The van der Waals surface area contributed by atoms with Gasteiger partial charge in [0.2, 0.25) is 5.91 Å². The number of aryl methyl sites for hydroxylation is 3. The van der Waals surface area contributed by atoms with Gasteiger partial charge in [0.05, 0.1) is 17.1 Å². The number of anilines is 1. The van der Waals surface area contributed by atoms with Crippen molar-refractivity contribution in [2.24, 2.45) is 0 Å². The van der Waals surface area contributed by atoms with Gasteiger partial charge in [0.1, 0.15) is 5.76 Å². The summed E-state index contributed by atoms with van der Waals surface area (Å²) in [4.78, 5) is 12.0. The molecule has 1 heterocycles. The average molecular weight is 369 g/mol. The largest absolute Gasteiger partial charge is 0.361 e. The van der Waals surface area contributed by atoms with Crippen LogP contribution in [0.25, 0.3) is 0 Å². The van der Waals surface area contributed by atoms with Gasteiger partial charge in [0, 0.05) is 15.8 Å². The van der Waals surface area contributed by atoms with Crippen LogP contribution in [0, 0.1) is 20.8 Å². The molecule has 0 spiro atoms. The molecule has 1 aromatic carbocycles. The van der Waals surface area contributed by atoms with Gasteiger partial charge in [-0.2, -0.15) is 0 Å². The van der Waals surface area contributed by atoms with Crippen molar-refractivity contribution in [1.29, 1.82) is 0 Å². The Morgan fingerprint density at radius 2 is 2.14 bits per heavy atom. The third kappa shape index (κ3) is 4.35. The summed E-state index contributed by atoms with van der Waals surface area (Å²) in [7, 11) is 0. The molecule has 0 radical (unpaired) electrons. The lowest BCUT2D eigenvalue weighted by Crippen LogP contribution is -2.14. The number of carbonyl (C=O) groups is 1. The number of benzene rings is 1. The molecule has 0 fully saturated rings. The Hall–Kier alpha value is -1.27. The van der Waals surface area contributed by atoms with Crippen molar-refractivity contribution in [3.63, 3.8) is 0 Å². The summed E-state index contributed by atoms with van der Waals surface area (Å²) < 4.78 is 6.00. The number of nitrogens with zero attached hydrogens (tertiary/aromatic N) is 1. The molecule has 0 aliphatic heterocycles. The third-order valence-electron chi connectivity index (χ3n) is 3.06. The molecular formula is C15H17BrN2O2S. The van der Waals surface area contributed by atoms with Crippen molar-refractivity contribution in [3.8, 4) is 0 Å². The molecule has 2 rings (SSSR count). The first kappa shape index (κ1) is 16.1. The summed E-state index contributed by atoms with van der Waals surface area (Å²) in [6.07, 6.45) is 0. The van der Waals surface area contributed by atoms with Gasteiger partial charge >= 0.3 is 0 Å². The number of thioether (sulfide) groups is 1. The van der Waals surface area contributed by atoms with Crippen molar-refractivity contribution >= 4 is 39.3 Å². The van der Waals surface area contributed by atoms with Crippen LogP contribution in [-0.2, 0) is 10.5 Å². The van der Waals surface area contributed by atoms with Crippen molar-refractivity contribution in [2.75, 3.05) is 11.1 Å². The highest BCUT2D eigenvalue weighted by Gasteiger charge is 2.11. The minimum atomic E-state index is -0.0173. The molecule has 0 unspecified atom stereocenters. The molecule has 1 aromatic heterocycles. The van der Waals surface area contributed by atoms with Crippen molar-refractivity contribution < 1.29 is 9.32 Å². The zero-order valence-corrected chi connectivity index (χ0v) is 14.6. The Labute approximate surface area is 136 Å². The molecule has 0 aliphatic rings. The van der Waals surface area contributed by atoms with E-state index in [1.165, 1.54) is 0 Å². The molecule has 112 valence electrons.